The van der Waals surface area contributed by atoms with Crippen LogP contribution in [0.4, 0.5) is 0 Å². The van der Waals surface area contributed by atoms with Gasteiger partial charge in [0.1, 0.15) is 12.6 Å². The molecule has 0 amide bonds. The molecule has 0 rings (SSSR count). The van der Waals surface area contributed by atoms with Crippen molar-refractivity contribution in [2.24, 2.45) is 10.8 Å². The summed E-state index contributed by atoms with van der Waals surface area (Å²) in [5.74, 6) is 6.28. The van der Waals surface area contributed by atoms with Crippen molar-refractivity contribution in [3.8, 4) is 0 Å². The molecule has 0 aliphatic heterocycles. The van der Waals surface area contributed by atoms with Gasteiger partial charge in [-0.25, -0.2) is 5.84 Å². The third-order valence-electron chi connectivity index (χ3n) is 4.20. The molecule has 0 unspecified atom stereocenters. The predicted octanol–water partition coefficient (Wildman–Crippen LogP) is 6.19. The number of carbonyl (C=O) groups is 1. The molecule has 152 valence electrons. The highest BCUT2D eigenvalue weighted by molar-refractivity contribution is 5.81. The van der Waals surface area contributed by atoms with Gasteiger partial charge in [-0.1, -0.05) is 104 Å². The third kappa shape index (κ3) is 28.2. The summed E-state index contributed by atoms with van der Waals surface area (Å²) in [6, 6.07) is 0. The van der Waals surface area contributed by atoms with Crippen molar-refractivity contribution in [3.05, 3.63) is 0 Å². The summed E-state index contributed by atoms with van der Waals surface area (Å²) in [6.07, 6.45) is 20.6. The van der Waals surface area contributed by atoms with E-state index >= 15 is 0 Å². The molecular weight excluding hydrogens is 310 g/mol. The Kier molecular flexibility index (Phi) is 35.7. The van der Waals surface area contributed by atoms with Crippen molar-refractivity contribution in [1.29, 1.82) is 0 Å². The van der Waals surface area contributed by atoms with E-state index in [4.69, 9.17) is 10.6 Å². The van der Waals surface area contributed by atoms with Crippen molar-refractivity contribution < 1.29 is 4.79 Å². The molecule has 0 atom stereocenters. The van der Waals surface area contributed by atoms with Crippen LogP contribution in [0.25, 0.3) is 0 Å². The number of carbonyl (C=O) groups excluding carboxylic acids is 1. The fraction of sp³-hybridized carbons (Fsp3) is 0.905. The second kappa shape index (κ2) is 30.9. The lowest BCUT2D eigenvalue weighted by atomic mass is 10.0. The summed E-state index contributed by atoms with van der Waals surface area (Å²) in [7, 11) is 1.79. The number of hydrogen-bond acceptors (Lipinski definition) is 3. The molecule has 0 fully saturated rings. The van der Waals surface area contributed by atoms with Crippen LogP contribution in [0.3, 0.4) is 0 Å². The first-order chi connectivity index (χ1) is 12.3. The van der Waals surface area contributed by atoms with Crippen LogP contribution in [0.15, 0.2) is 4.99 Å². The second-order valence-electron chi connectivity index (χ2n) is 6.16. The topological polar surface area (TPSA) is 67.5 Å². The maximum Gasteiger partial charge on any atom is 0.110 e. The summed E-state index contributed by atoms with van der Waals surface area (Å²) < 4.78 is 0. The molecule has 25 heavy (non-hydrogen) atoms. The molecule has 0 aromatic heterocycles. The Morgan fingerprint density at radius 1 is 0.760 bits per heavy atom. The van der Waals surface area contributed by atoms with Crippen LogP contribution in [0.1, 0.15) is 117 Å². The highest BCUT2D eigenvalue weighted by Gasteiger charge is 1.96. The molecule has 0 radical (unpaired) electrons. The van der Waals surface area contributed by atoms with Crippen LogP contribution >= 0.6 is 0 Å². The Labute approximate surface area is 158 Å². The van der Waals surface area contributed by atoms with Crippen molar-refractivity contribution in [3.63, 3.8) is 0 Å². The van der Waals surface area contributed by atoms with E-state index in [0.29, 0.717) is 0 Å². The van der Waals surface area contributed by atoms with Gasteiger partial charge in [0.15, 0.2) is 0 Å². The van der Waals surface area contributed by atoms with Crippen molar-refractivity contribution in [2.45, 2.75) is 117 Å². The third-order valence-corrected chi connectivity index (χ3v) is 4.20. The van der Waals surface area contributed by atoms with E-state index in [0.717, 1.165) is 12.3 Å². The molecule has 0 bridgehead atoms. The Morgan fingerprint density at radius 2 is 1.08 bits per heavy atom. The quantitative estimate of drug-likeness (QED) is 0.121. The molecule has 0 saturated heterocycles. The molecule has 0 heterocycles. The van der Waals surface area contributed by atoms with E-state index in [9.17, 15) is 0 Å². The molecule has 4 nitrogen and oxygen atoms in total. The Hall–Kier alpha value is -0.900. The fourth-order valence-electron chi connectivity index (χ4n) is 2.74. The minimum Gasteiger partial charge on any atom is -0.312 e. The lowest BCUT2D eigenvalue weighted by Gasteiger charge is -2.05. The van der Waals surface area contributed by atoms with Crippen molar-refractivity contribution in [2.75, 3.05) is 7.05 Å². The lowest BCUT2D eigenvalue weighted by molar-refractivity contribution is -0.0979. The van der Waals surface area contributed by atoms with E-state index in [1.807, 2.05) is 20.6 Å². The number of nitrogens with zero attached hydrogens (tertiary/aromatic N) is 1. The highest BCUT2D eigenvalue weighted by Crippen LogP contribution is 2.13. The summed E-state index contributed by atoms with van der Waals surface area (Å²) in [6.45, 7) is 8.28. The average molecular weight is 358 g/mol. The van der Waals surface area contributed by atoms with Crippen LogP contribution in [0, 0.1) is 0 Å². The summed E-state index contributed by atoms with van der Waals surface area (Å²) in [5, 5.41) is 0. The van der Waals surface area contributed by atoms with Crippen LogP contribution in [0.5, 0.6) is 0 Å². The zero-order chi connectivity index (χ0) is 19.6. The number of nitrogens with two attached hydrogens (primary N) is 1. The summed E-state index contributed by atoms with van der Waals surface area (Å²) in [5.41, 5.74) is 2.65. The van der Waals surface area contributed by atoms with Crippen molar-refractivity contribution in [1.82, 2.24) is 5.43 Å². The molecule has 3 N–H and O–H groups in total. The number of hydrogen-bond donors (Lipinski definition) is 2. The van der Waals surface area contributed by atoms with E-state index in [2.05, 4.69) is 17.3 Å². The minimum absolute atomic E-state index is 0.925. The molecule has 0 aliphatic carbocycles. The molecule has 0 saturated carbocycles. The van der Waals surface area contributed by atoms with E-state index in [1.54, 1.807) is 7.05 Å². The number of unbranched alkanes of at least 4 members (excludes halogenated alkanes) is 13. The normalized spacial score (nSPS) is 10.4. The predicted molar refractivity (Wildman–Crippen MR) is 114 cm³/mol. The fourth-order valence-corrected chi connectivity index (χ4v) is 2.74. The second-order valence-corrected chi connectivity index (χ2v) is 6.16. The monoisotopic (exact) mass is 357 g/mol. The maximum atomic E-state index is 8.00. The van der Waals surface area contributed by atoms with Gasteiger partial charge in [0.05, 0.1) is 0 Å². The van der Waals surface area contributed by atoms with Crippen molar-refractivity contribution >= 4 is 12.6 Å². The molecule has 0 aromatic rings. The first-order valence-corrected chi connectivity index (χ1v) is 10.6. The van der Waals surface area contributed by atoms with Crippen LogP contribution in [-0.4, -0.2) is 19.7 Å². The molecule has 4 heteroatoms. The van der Waals surface area contributed by atoms with Gasteiger partial charge in [-0.05, 0) is 6.42 Å². The molecule has 0 aromatic carbocycles. The van der Waals surface area contributed by atoms with Gasteiger partial charge in [0.2, 0.25) is 0 Å². The summed E-state index contributed by atoms with van der Waals surface area (Å²) in [4.78, 5) is 12.1. The van der Waals surface area contributed by atoms with Crippen LogP contribution < -0.4 is 11.3 Å². The average Bonchev–Trinajstić information content (AvgIpc) is 2.68. The number of amidine groups is 1. The molecular formula is C21H47N3O. The lowest BCUT2D eigenvalue weighted by Crippen LogP contribution is -2.29. The van der Waals surface area contributed by atoms with Gasteiger partial charge in [0, 0.05) is 13.5 Å². The van der Waals surface area contributed by atoms with Gasteiger partial charge < -0.3 is 10.2 Å². The van der Waals surface area contributed by atoms with Crippen LogP contribution in [0.2, 0.25) is 0 Å². The largest absolute Gasteiger partial charge is 0.312 e. The standard InChI is InChI=1S/C18H39N3.C2H6.CH2O/c1-3-4-5-6-7-8-9-10-11-12-13-14-15-16-17-18(20-2)21-19;2*1-2/h3-17,19H2,1-2H3,(H,20,21);1-2H3;1H2. The van der Waals surface area contributed by atoms with Crippen LogP contribution in [-0.2, 0) is 4.79 Å². The van der Waals surface area contributed by atoms with Gasteiger partial charge in [-0.15, -0.1) is 0 Å². The minimum atomic E-state index is 0.925. The van der Waals surface area contributed by atoms with Gasteiger partial charge in [-0.2, -0.15) is 0 Å². The van der Waals surface area contributed by atoms with Gasteiger partial charge in [0.25, 0.3) is 0 Å². The van der Waals surface area contributed by atoms with E-state index in [-0.39, 0.29) is 0 Å². The highest BCUT2D eigenvalue weighted by atomic mass is 16.1. The Balaban J connectivity index is -0.00000112. The zero-order valence-electron chi connectivity index (χ0n) is 17.7. The number of aliphatic imine (C=N–C) groups is 1. The smallest absolute Gasteiger partial charge is 0.110 e. The SMILES string of the molecule is C=O.CC.CCCCCCCCCCCCCCCCC(=NC)NN. The Bertz CT molecular complexity index is 245. The molecule has 0 aliphatic rings. The zero-order valence-corrected chi connectivity index (χ0v) is 17.7. The van der Waals surface area contributed by atoms with E-state index in [1.165, 1.54) is 89.9 Å². The number of rotatable bonds is 15. The van der Waals surface area contributed by atoms with Gasteiger partial charge in [-0.3, -0.25) is 4.99 Å². The first kappa shape index (κ1) is 28.9. The first-order valence-electron chi connectivity index (χ1n) is 10.6. The molecule has 0 spiro atoms. The maximum absolute atomic E-state index is 8.00. The van der Waals surface area contributed by atoms with Gasteiger partial charge >= 0.3 is 0 Å². The number of nitrogens with one attached hydrogen (secondary N) is 1. The number of hydrazine groups is 1. The summed E-state index contributed by atoms with van der Waals surface area (Å²) >= 11 is 0. The van der Waals surface area contributed by atoms with E-state index < -0.39 is 0 Å². The Morgan fingerprint density at radius 3 is 1.36 bits per heavy atom.